The summed E-state index contributed by atoms with van der Waals surface area (Å²) in [6.07, 6.45) is 2.99. The third-order valence-corrected chi connectivity index (χ3v) is 7.12. The SMILES string of the molecule is Cc1nnc(N[C@H](C)c2cccc3c(F)coc23)c2cc(N3CCN(C(=O)C4COC4)CC3)cnc12. The van der Waals surface area contributed by atoms with Crippen molar-refractivity contribution in [1.82, 2.24) is 20.1 Å². The van der Waals surface area contributed by atoms with E-state index in [2.05, 4.69) is 26.5 Å². The second-order valence-corrected chi connectivity index (χ2v) is 9.44. The Balaban J connectivity index is 1.25. The smallest absolute Gasteiger partial charge is 0.230 e. The number of carbonyl (C=O) groups excluding carboxylic acids is 1. The van der Waals surface area contributed by atoms with Crippen LogP contribution in [0.2, 0.25) is 0 Å². The van der Waals surface area contributed by atoms with Crippen molar-refractivity contribution in [2.45, 2.75) is 19.9 Å². The van der Waals surface area contributed by atoms with Crippen LogP contribution in [0.25, 0.3) is 21.9 Å². The number of nitrogens with zero attached hydrogens (tertiary/aromatic N) is 5. The van der Waals surface area contributed by atoms with Crippen LogP contribution in [0.3, 0.4) is 0 Å². The summed E-state index contributed by atoms with van der Waals surface area (Å²) in [7, 11) is 0. The third-order valence-electron chi connectivity index (χ3n) is 7.12. The molecule has 2 fully saturated rings. The van der Waals surface area contributed by atoms with E-state index in [0.717, 1.165) is 47.2 Å². The molecule has 0 bridgehead atoms. The number of halogens is 1. The van der Waals surface area contributed by atoms with E-state index < -0.39 is 0 Å². The number of furan rings is 1. The Morgan fingerprint density at radius 3 is 2.72 bits per heavy atom. The van der Waals surface area contributed by atoms with Crippen LogP contribution in [0.5, 0.6) is 0 Å². The number of amides is 1. The predicted molar refractivity (Wildman–Crippen MR) is 133 cm³/mol. The summed E-state index contributed by atoms with van der Waals surface area (Å²) < 4.78 is 24.7. The molecule has 0 saturated carbocycles. The molecule has 0 spiro atoms. The van der Waals surface area contributed by atoms with Gasteiger partial charge in [-0.25, -0.2) is 4.39 Å². The van der Waals surface area contributed by atoms with E-state index in [1.54, 1.807) is 6.07 Å². The number of piperazine rings is 1. The van der Waals surface area contributed by atoms with Crippen molar-refractivity contribution in [1.29, 1.82) is 0 Å². The van der Waals surface area contributed by atoms with Gasteiger partial charge in [-0.2, -0.15) is 5.10 Å². The molecule has 1 N–H and O–H groups in total. The van der Waals surface area contributed by atoms with Crippen molar-refractivity contribution in [3.63, 3.8) is 0 Å². The minimum Gasteiger partial charge on any atom is -0.461 e. The summed E-state index contributed by atoms with van der Waals surface area (Å²) in [5.74, 6) is 0.423. The average molecular weight is 491 g/mol. The highest BCUT2D eigenvalue weighted by molar-refractivity contribution is 5.92. The third kappa shape index (κ3) is 3.91. The van der Waals surface area contributed by atoms with E-state index in [9.17, 15) is 9.18 Å². The van der Waals surface area contributed by atoms with Crippen LogP contribution in [-0.2, 0) is 9.53 Å². The maximum absolute atomic E-state index is 14.0. The van der Waals surface area contributed by atoms with Gasteiger partial charge in [0.2, 0.25) is 5.91 Å². The quantitative estimate of drug-likeness (QED) is 0.453. The molecule has 2 aliphatic heterocycles. The molecule has 1 aromatic carbocycles. The minimum atomic E-state index is -0.378. The van der Waals surface area contributed by atoms with E-state index in [4.69, 9.17) is 14.1 Å². The predicted octanol–water partition coefficient (Wildman–Crippen LogP) is 3.69. The normalized spacial score (nSPS) is 17.4. The van der Waals surface area contributed by atoms with Gasteiger partial charge < -0.3 is 24.3 Å². The maximum Gasteiger partial charge on any atom is 0.230 e. The van der Waals surface area contributed by atoms with E-state index in [-0.39, 0.29) is 23.7 Å². The van der Waals surface area contributed by atoms with Gasteiger partial charge in [-0.1, -0.05) is 12.1 Å². The topological polar surface area (TPSA) is 96.6 Å². The van der Waals surface area contributed by atoms with E-state index in [1.165, 1.54) is 0 Å². The average Bonchev–Trinajstić information content (AvgIpc) is 3.25. The van der Waals surface area contributed by atoms with Gasteiger partial charge in [0.25, 0.3) is 0 Å². The number of ether oxygens (including phenoxy) is 1. The van der Waals surface area contributed by atoms with Crippen molar-refractivity contribution in [3.8, 4) is 0 Å². The fourth-order valence-electron chi connectivity index (χ4n) is 4.92. The van der Waals surface area contributed by atoms with Crippen molar-refractivity contribution in [2.75, 3.05) is 49.6 Å². The molecule has 3 aromatic heterocycles. The molecule has 1 atom stereocenters. The molecule has 9 nitrogen and oxygen atoms in total. The van der Waals surface area contributed by atoms with Gasteiger partial charge >= 0.3 is 0 Å². The van der Waals surface area contributed by atoms with Gasteiger partial charge in [0.05, 0.1) is 53.7 Å². The molecule has 1 amide bonds. The van der Waals surface area contributed by atoms with Crippen molar-refractivity contribution < 1.29 is 18.3 Å². The van der Waals surface area contributed by atoms with Gasteiger partial charge in [0.15, 0.2) is 11.6 Å². The summed E-state index contributed by atoms with van der Waals surface area (Å²) in [6, 6.07) is 7.29. The Hall–Kier alpha value is -3.79. The number of pyridine rings is 1. The van der Waals surface area contributed by atoms with Crippen LogP contribution in [0, 0.1) is 18.7 Å². The molecule has 10 heteroatoms. The van der Waals surface area contributed by atoms with Gasteiger partial charge in [-0.15, -0.1) is 5.10 Å². The molecule has 186 valence electrons. The monoisotopic (exact) mass is 490 g/mol. The number of hydrogen-bond acceptors (Lipinski definition) is 8. The number of benzene rings is 1. The summed E-state index contributed by atoms with van der Waals surface area (Å²) in [6.45, 7) is 7.74. The second-order valence-electron chi connectivity index (χ2n) is 9.44. The largest absolute Gasteiger partial charge is 0.461 e. The first-order valence-corrected chi connectivity index (χ1v) is 12.2. The van der Waals surface area contributed by atoms with Crippen LogP contribution in [0.15, 0.2) is 41.1 Å². The summed E-state index contributed by atoms with van der Waals surface area (Å²) in [5, 5.41) is 13.5. The van der Waals surface area contributed by atoms with E-state index in [1.807, 2.05) is 37.1 Å². The lowest BCUT2D eigenvalue weighted by Gasteiger charge is -2.39. The Bertz CT molecular complexity index is 1440. The highest BCUT2D eigenvalue weighted by Gasteiger charge is 2.32. The zero-order chi connectivity index (χ0) is 24.8. The van der Waals surface area contributed by atoms with Gasteiger partial charge in [-0.3, -0.25) is 9.78 Å². The summed E-state index contributed by atoms with van der Waals surface area (Å²) in [5.41, 5.74) is 3.82. The Morgan fingerprint density at radius 1 is 1.17 bits per heavy atom. The molecule has 2 saturated heterocycles. The van der Waals surface area contributed by atoms with Gasteiger partial charge in [0.1, 0.15) is 11.8 Å². The molecule has 2 aliphatic rings. The fraction of sp³-hybridized carbons (Fsp3) is 0.385. The summed E-state index contributed by atoms with van der Waals surface area (Å²) >= 11 is 0. The van der Waals surface area contributed by atoms with Crippen molar-refractivity contribution in [3.05, 3.63) is 53.8 Å². The van der Waals surface area contributed by atoms with Crippen LogP contribution < -0.4 is 10.2 Å². The molecule has 6 rings (SSSR count). The molecule has 0 radical (unpaired) electrons. The molecule has 0 aliphatic carbocycles. The molecular weight excluding hydrogens is 463 g/mol. The number of hydrogen-bond donors (Lipinski definition) is 1. The highest BCUT2D eigenvalue weighted by Crippen LogP contribution is 2.32. The summed E-state index contributed by atoms with van der Waals surface area (Å²) in [4.78, 5) is 21.4. The van der Waals surface area contributed by atoms with Crippen LogP contribution in [0.1, 0.15) is 24.2 Å². The molecule has 4 aromatic rings. The maximum atomic E-state index is 14.0. The Labute approximate surface area is 207 Å². The number of fused-ring (bicyclic) bond motifs is 2. The standard InChI is InChI=1S/C26H27FN6O3/c1-15(19-4-3-5-20-22(27)14-36-24(19)20)29-25-21-10-18(11-28-23(21)16(2)30-31-25)32-6-8-33(9-7-32)26(34)17-12-35-13-17/h3-5,10-11,14-15,17H,6-9,12-13H2,1-2H3,(H,29,31)/t15-/m1/s1. The van der Waals surface area contributed by atoms with Crippen LogP contribution >= 0.6 is 0 Å². The van der Waals surface area contributed by atoms with Gasteiger partial charge in [0, 0.05) is 37.1 Å². The lowest BCUT2D eigenvalue weighted by atomic mass is 10.1. The number of nitrogens with one attached hydrogen (secondary N) is 1. The van der Waals surface area contributed by atoms with Gasteiger partial charge in [-0.05, 0) is 26.0 Å². The first kappa shape index (κ1) is 22.7. The number of para-hydroxylation sites is 1. The zero-order valence-electron chi connectivity index (χ0n) is 20.2. The van der Waals surface area contributed by atoms with E-state index in [0.29, 0.717) is 43.1 Å². The second kappa shape index (κ2) is 9.02. The lowest BCUT2D eigenvalue weighted by molar-refractivity contribution is -0.150. The first-order chi connectivity index (χ1) is 17.5. The first-order valence-electron chi connectivity index (χ1n) is 12.2. The van der Waals surface area contributed by atoms with Crippen molar-refractivity contribution >= 4 is 39.3 Å². The number of aromatic nitrogens is 3. The lowest BCUT2D eigenvalue weighted by Crippen LogP contribution is -2.53. The van der Waals surface area contributed by atoms with Crippen molar-refractivity contribution in [2.24, 2.45) is 5.92 Å². The minimum absolute atomic E-state index is 0.0135. The molecule has 0 unspecified atom stereocenters. The fourth-order valence-corrected chi connectivity index (χ4v) is 4.92. The Kier molecular flexibility index (Phi) is 5.67. The number of carbonyl (C=O) groups is 1. The zero-order valence-corrected chi connectivity index (χ0v) is 20.2. The molecule has 5 heterocycles. The molecular formula is C26H27FN6O3. The highest BCUT2D eigenvalue weighted by atomic mass is 19.1. The van der Waals surface area contributed by atoms with E-state index >= 15 is 0 Å². The Morgan fingerprint density at radius 2 is 1.97 bits per heavy atom. The van der Waals surface area contributed by atoms with Crippen LogP contribution in [0.4, 0.5) is 15.9 Å². The number of aryl methyl sites for hydroxylation is 1. The number of anilines is 2. The number of rotatable bonds is 5. The van der Waals surface area contributed by atoms with Crippen LogP contribution in [-0.4, -0.2) is 65.4 Å². The molecule has 36 heavy (non-hydrogen) atoms.